The van der Waals surface area contributed by atoms with Crippen molar-refractivity contribution in [3.8, 4) is 5.75 Å². The molecule has 0 spiro atoms. The maximum absolute atomic E-state index is 14.3. The number of carbonyl (C=O) groups excluding carboxylic acids is 4. The van der Waals surface area contributed by atoms with Crippen LogP contribution in [0.1, 0.15) is 99.2 Å². The Kier molecular flexibility index (Phi) is 10.1. The normalized spacial score (nSPS) is 24.1. The third-order valence-corrected chi connectivity index (χ3v) is 13.2. The van der Waals surface area contributed by atoms with E-state index in [1.54, 1.807) is 4.90 Å². The SMILES string of the molecule is COC(=O)N1c2ccc3c(nc(Cc4ccccc4)n3[C@H]3CCC[C@H](C(=O)N4CCC(c5ccc6c(c5)OCCN6C5CCC(=O)NC5=O)CC4)C3)c2CC[C@@H]1C. The number of imide groups is 1. The van der Waals surface area contributed by atoms with Crippen LogP contribution in [0.2, 0.25) is 0 Å². The van der Waals surface area contributed by atoms with Crippen LogP contribution in [-0.2, 0) is 32.0 Å². The van der Waals surface area contributed by atoms with Gasteiger partial charge in [-0.25, -0.2) is 9.78 Å². The van der Waals surface area contributed by atoms with E-state index >= 15 is 0 Å². The molecule has 12 nitrogen and oxygen atoms in total. The summed E-state index contributed by atoms with van der Waals surface area (Å²) in [5.41, 5.74) is 7.28. The first-order valence-corrected chi connectivity index (χ1v) is 20.9. The van der Waals surface area contributed by atoms with Crippen LogP contribution in [0.25, 0.3) is 11.0 Å². The van der Waals surface area contributed by atoms with Gasteiger partial charge in [-0.2, -0.15) is 0 Å². The minimum absolute atomic E-state index is 0.0355. The summed E-state index contributed by atoms with van der Waals surface area (Å²) in [4.78, 5) is 62.9. The molecule has 1 N–H and O–H groups in total. The zero-order valence-corrected chi connectivity index (χ0v) is 33.0. The Morgan fingerprint density at radius 3 is 2.51 bits per heavy atom. The van der Waals surface area contributed by atoms with Crippen molar-refractivity contribution >= 4 is 46.2 Å². The molecule has 1 aromatic heterocycles. The van der Waals surface area contributed by atoms with E-state index in [0.29, 0.717) is 38.3 Å². The van der Waals surface area contributed by atoms with Crippen LogP contribution in [0, 0.1) is 5.92 Å². The Bertz CT molecular complexity index is 2190. The van der Waals surface area contributed by atoms with E-state index in [1.807, 2.05) is 6.07 Å². The first kappa shape index (κ1) is 37.2. The Balaban J connectivity index is 0.913. The number of hydrogen-bond donors (Lipinski definition) is 1. The fourth-order valence-electron chi connectivity index (χ4n) is 10.3. The van der Waals surface area contributed by atoms with Crippen molar-refractivity contribution in [3.63, 3.8) is 0 Å². The van der Waals surface area contributed by atoms with Gasteiger partial charge < -0.3 is 23.8 Å². The summed E-state index contributed by atoms with van der Waals surface area (Å²) < 4.78 is 13.7. The quantitative estimate of drug-likeness (QED) is 0.216. The van der Waals surface area contributed by atoms with E-state index in [4.69, 9.17) is 14.5 Å². The average molecular weight is 773 g/mol. The maximum atomic E-state index is 14.3. The number of methoxy groups -OCH3 is 1. The second kappa shape index (κ2) is 15.5. The molecule has 0 bridgehead atoms. The number of aromatic nitrogens is 2. The number of amides is 4. The van der Waals surface area contributed by atoms with Crippen LogP contribution in [-0.4, -0.2) is 83.7 Å². The molecule has 4 aliphatic heterocycles. The summed E-state index contributed by atoms with van der Waals surface area (Å²) in [5, 5.41) is 2.49. The van der Waals surface area contributed by atoms with Crippen LogP contribution < -0.4 is 19.9 Å². The Labute approximate surface area is 333 Å². The van der Waals surface area contributed by atoms with E-state index in [-0.39, 0.29) is 47.9 Å². The molecular weight excluding hydrogens is 721 g/mol. The van der Waals surface area contributed by atoms with Gasteiger partial charge in [0.25, 0.3) is 0 Å². The van der Waals surface area contributed by atoms with Crippen molar-refractivity contribution in [1.29, 1.82) is 0 Å². The number of carbonyl (C=O) groups is 4. The van der Waals surface area contributed by atoms with E-state index in [9.17, 15) is 19.2 Å². The molecule has 4 amide bonds. The molecule has 5 heterocycles. The topological polar surface area (TPSA) is 126 Å². The Morgan fingerprint density at radius 2 is 1.72 bits per heavy atom. The molecule has 3 fully saturated rings. The standard InChI is InChI=1S/C45H52N6O6/c1-28-11-13-34-35(50(28)45(55)56-2)15-16-37-42(34)46-40(25-29-7-4-3-5-8-29)51(37)33-10-6-9-32(26-33)44(54)48-21-19-30(20-22-48)31-12-14-36-39(27-31)57-24-23-49(36)38-17-18-41(52)47-43(38)53/h3-5,7-8,12,14-16,27-28,30,32-33,38H,6,9-11,13,17-26H2,1-2H3,(H,47,52,53)/t28-,32-,33-,38?/m0/s1. The van der Waals surface area contributed by atoms with Gasteiger partial charge in [-0.15, -0.1) is 0 Å². The van der Waals surface area contributed by atoms with Gasteiger partial charge in [0.05, 0.1) is 36.1 Å². The lowest BCUT2D eigenvalue weighted by molar-refractivity contribution is -0.138. The second-order valence-corrected chi connectivity index (χ2v) is 16.6. The van der Waals surface area contributed by atoms with Crippen molar-refractivity contribution in [1.82, 2.24) is 19.8 Å². The van der Waals surface area contributed by atoms with E-state index in [1.165, 1.54) is 18.2 Å². The lowest BCUT2D eigenvalue weighted by Gasteiger charge is -2.39. The number of benzene rings is 3. The fraction of sp³-hybridized carbons (Fsp3) is 0.489. The molecule has 57 heavy (non-hydrogen) atoms. The van der Waals surface area contributed by atoms with Gasteiger partial charge in [0.1, 0.15) is 24.2 Å². The van der Waals surface area contributed by atoms with Crippen molar-refractivity contribution in [3.05, 3.63) is 83.2 Å². The molecular formula is C45H52N6O6. The number of fused-ring (bicyclic) bond motifs is 4. The molecule has 1 unspecified atom stereocenters. The molecule has 4 atom stereocenters. The smallest absolute Gasteiger partial charge is 0.414 e. The Morgan fingerprint density at radius 1 is 0.912 bits per heavy atom. The summed E-state index contributed by atoms with van der Waals surface area (Å²) in [5.74, 6) is 1.86. The highest BCUT2D eigenvalue weighted by atomic mass is 16.5. The largest absolute Gasteiger partial charge is 0.490 e. The number of hydrogen-bond acceptors (Lipinski definition) is 8. The fourth-order valence-corrected chi connectivity index (χ4v) is 10.3. The van der Waals surface area contributed by atoms with Crippen LogP contribution in [0.3, 0.4) is 0 Å². The van der Waals surface area contributed by atoms with Gasteiger partial charge in [0.2, 0.25) is 17.7 Å². The summed E-state index contributed by atoms with van der Waals surface area (Å²) >= 11 is 0. The summed E-state index contributed by atoms with van der Waals surface area (Å²) in [6, 6.07) is 20.8. The van der Waals surface area contributed by atoms with Crippen molar-refractivity contribution < 1.29 is 28.7 Å². The number of likely N-dealkylation sites (tertiary alicyclic amines) is 1. The summed E-state index contributed by atoms with van der Waals surface area (Å²) in [6.07, 6.45) is 8.27. The highest BCUT2D eigenvalue weighted by molar-refractivity contribution is 6.02. The molecule has 9 rings (SSSR count). The van der Waals surface area contributed by atoms with Crippen molar-refractivity contribution in [2.75, 3.05) is 43.2 Å². The van der Waals surface area contributed by atoms with Crippen LogP contribution in [0.15, 0.2) is 60.7 Å². The first-order valence-electron chi connectivity index (χ1n) is 20.9. The lowest BCUT2D eigenvalue weighted by atomic mass is 9.83. The summed E-state index contributed by atoms with van der Waals surface area (Å²) in [7, 11) is 1.43. The third kappa shape index (κ3) is 7.01. The lowest BCUT2D eigenvalue weighted by Crippen LogP contribution is -2.54. The van der Waals surface area contributed by atoms with Gasteiger partial charge >= 0.3 is 6.09 Å². The number of imidazole rings is 1. The summed E-state index contributed by atoms with van der Waals surface area (Å²) in [6.45, 7) is 4.60. The van der Waals surface area contributed by atoms with E-state index in [2.05, 4.69) is 81.2 Å². The number of nitrogens with zero attached hydrogens (tertiary/aromatic N) is 5. The number of nitrogens with one attached hydrogen (secondary N) is 1. The number of anilines is 2. The molecule has 1 saturated carbocycles. The van der Waals surface area contributed by atoms with Gasteiger partial charge in [-0.1, -0.05) is 42.8 Å². The average Bonchev–Trinajstić information content (AvgIpc) is 3.61. The number of rotatable bonds is 6. The molecule has 4 aromatic rings. The van der Waals surface area contributed by atoms with Crippen LogP contribution >= 0.6 is 0 Å². The first-order chi connectivity index (χ1) is 27.8. The minimum Gasteiger partial charge on any atom is -0.490 e. The molecule has 5 aliphatic rings. The highest BCUT2D eigenvalue weighted by Crippen LogP contribution is 2.43. The zero-order chi connectivity index (χ0) is 39.2. The van der Waals surface area contributed by atoms with Gasteiger partial charge in [-0.05, 0) is 99.6 Å². The molecule has 1 aliphatic carbocycles. The predicted octanol–water partition coefficient (Wildman–Crippen LogP) is 6.68. The molecule has 0 radical (unpaired) electrons. The van der Waals surface area contributed by atoms with E-state index in [0.717, 1.165) is 104 Å². The predicted molar refractivity (Wildman–Crippen MR) is 217 cm³/mol. The molecule has 3 aromatic carbocycles. The monoisotopic (exact) mass is 772 g/mol. The number of piperidine rings is 2. The van der Waals surface area contributed by atoms with Crippen LogP contribution in [0.5, 0.6) is 5.75 Å². The Hall–Kier alpha value is -5.39. The number of ether oxygens (including phenoxy) is 2. The molecule has 298 valence electrons. The van der Waals surface area contributed by atoms with Crippen molar-refractivity contribution in [2.24, 2.45) is 5.92 Å². The minimum atomic E-state index is -0.374. The molecule has 2 saturated heterocycles. The second-order valence-electron chi connectivity index (χ2n) is 16.6. The third-order valence-electron chi connectivity index (χ3n) is 13.2. The maximum Gasteiger partial charge on any atom is 0.414 e. The highest BCUT2D eigenvalue weighted by Gasteiger charge is 2.38. The van der Waals surface area contributed by atoms with Crippen LogP contribution in [0.4, 0.5) is 16.2 Å². The zero-order valence-electron chi connectivity index (χ0n) is 33.0. The molecule has 12 heteroatoms. The van der Waals surface area contributed by atoms with Crippen molar-refractivity contribution in [2.45, 2.75) is 102 Å². The van der Waals surface area contributed by atoms with Gasteiger partial charge in [0.15, 0.2) is 0 Å². The van der Waals surface area contributed by atoms with Gasteiger partial charge in [0, 0.05) is 49.5 Å². The van der Waals surface area contributed by atoms with E-state index < -0.39 is 0 Å². The van der Waals surface area contributed by atoms with Gasteiger partial charge in [-0.3, -0.25) is 24.6 Å². The number of aryl methyl sites for hydroxylation is 1.